The fourth-order valence-corrected chi connectivity index (χ4v) is 4.36. The third-order valence-electron chi connectivity index (χ3n) is 5.65. The second-order valence-corrected chi connectivity index (χ2v) is 7.84. The lowest BCUT2D eigenvalue weighted by Gasteiger charge is -2.42. The zero-order chi connectivity index (χ0) is 21.1. The Bertz CT molecular complexity index is 1500. The zero-order valence-corrected chi connectivity index (χ0v) is 17.0. The number of rotatable bonds is 3. The molecule has 0 radical (unpaired) electrons. The molecule has 31 heavy (non-hydrogen) atoms. The normalized spacial score (nSPS) is 16.2. The molecule has 2 N–H and O–H groups in total. The fraction of sp³-hybridized carbons (Fsp3) is 0.143. The summed E-state index contributed by atoms with van der Waals surface area (Å²) in [6.45, 7) is 0.776. The molecular formula is C21H17ClN8O. The number of nitrogen functional groups attached to an aromatic ring is 1. The Morgan fingerprint density at radius 1 is 1.13 bits per heavy atom. The van der Waals surface area contributed by atoms with Crippen molar-refractivity contribution in [1.29, 1.82) is 0 Å². The van der Waals surface area contributed by atoms with Crippen LogP contribution < -0.4 is 16.2 Å². The van der Waals surface area contributed by atoms with Crippen molar-refractivity contribution in [2.24, 2.45) is 0 Å². The predicted molar refractivity (Wildman–Crippen MR) is 118 cm³/mol. The Kier molecular flexibility index (Phi) is 3.81. The highest BCUT2D eigenvalue weighted by atomic mass is 35.5. The fourth-order valence-electron chi connectivity index (χ4n) is 4.14. The molecule has 5 heterocycles. The molecule has 1 fully saturated rings. The molecule has 0 unspecified atom stereocenters. The van der Waals surface area contributed by atoms with E-state index in [-0.39, 0.29) is 11.6 Å². The first-order valence-electron chi connectivity index (χ1n) is 9.84. The summed E-state index contributed by atoms with van der Waals surface area (Å²) in [5, 5.41) is 9.56. The molecule has 0 aliphatic carbocycles. The molecule has 154 valence electrons. The summed E-state index contributed by atoms with van der Waals surface area (Å²) in [5.41, 5.74) is 7.58. The van der Waals surface area contributed by atoms with Crippen LogP contribution in [0.1, 0.15) is 18.3 Å². The average Bonchev–Trinajstić information content (AvgIpc) is 3.35. The topological polar surface area (TPSA) is 98.8 Å². The standard InChI is InChI=1S/C21H17ClN8O/c22-14-7-11-28-19(14)21(31)29(13-4-2-1-3-5-13)20(26-28)15-8-10-27(15)18-12-16(23)25-17-6-9-24-30(17)18/h1-7,9,11-12,15H,8,10H2,(H2,23,25)/t15-/m0/s1. The third-order valence-corrected chi connectivity index (χ3v) is 5.95. The van der Waals surface area contributed by atoms with E-state index < -0.39 is 0 Å². The first kappa shape index (κ1) is 18.0. The van der Waals surface area contributed by atoms with E-state index in [4.69, 9.17) is 22.4 Å². The van der Waals surface area contributed by atoms with Crippen molar-refractivity contribution in [3.63, 3.8) is 0 Å². The summed E-state index contributed by atoms with van der Waals surface area (Å²) < 4.78 is 4.95. The van der Waals surface area contributed by atoms with E-state index in [9.17, 15) is 4.79 Å². The van der Waals surface area contributed by atoms with E-state index in [2.05, 4.69) is 15.0 Å². The summed E-state index contributed by atoms with van der Waals surface area (Å²) in [5.74, 6) is 1.84. The van der Waals surface area contributed by atoms with Crippen molar-refractivity contribution in [2.45, 2.75) is 12.5 Å². The van der Waals surface area contributed by atoms with E-state index in [1.165, 1.54) is 0 Å². The van der Waals surface area contributed by atoms with Crippen LogP contribution in [0.4, 0.5) is 11.6 Å². The molecule has 9 nitrogen and oxygen atoms in total. The lowest BCUT2D eigenvalue weighted by molar-refractivity contribution is 0.420. The molecule has 1 aromatic carbocycles. The minimum atomic E-state index is -0.212. The third kappa shape index (κ3) is 2.63. The van der Waals surface area contributed by atoms with Crippen LogP contribution in [0, 0.1) is 0 Å². The van der Waals surface area contributed by atoms with Gasteiger partial charge in [0, 0.05) is 24.9 Å². The number of benzene rings is 1. The van der Waals surface area contributed by atoms with Crippen LogP contribution >= 0.6 is 11.6 Å². The van der Waals surface area contributed by atoms with E-state index in [1.54, 1.807) is 44.2 Å². The summed E-state index contributed by atoms with van der Waals surface area (Å²) in [7, 11) is 0. The number of nitrogens with two attached hydrogens (primary N) is 1. The highest BCUT2D eigenvalue weighted by Crippen LogP contribution is 2.37. The molecule has 1 aliphatic heterocycles. The van der Waals surface area contributed by atoms with Gasteiger partial charge in [-0.05, 0) is 24.6 Å². The van der Waals surface area contributed by atoms with E-state index >= 15 is 0 Å². The maximum Gasteiger partial charge on any atom is 0.284 e. The molecule has 6 rings (SSSR count). The minimum absolute atomic E-state index is 0.146. The van der Waals surface area contributed by atoms with Crippen molar-refractivity contribution < 1.29 is 0 Å². The number of anilines is 2. The lowest BCUT2D eigenvalue weighted by atomic mass is 10.0. The van der Waals surface area contributed by atoms with Crippen molar-refractivity contribution in [3.05, 3.63) is 82.1 Å². The SMILES string of the molecule is Nc1cc(N2CC[C@H]2c2nn3ccc(Cl)c3c(=O)n2-c2ccccc2)n2nccc2n1. The van der Waals surface area contributed by atoms with Gasteiger partial charge in [-0.15, -0.1) is 0 Å². The molecule has 0 spiro atoms. The van der Waals surface area contributed by atoms with Crippen LogP contribution in [0.3, 0.4) is 0 Å². The Hall–Kier alpha value is -3.85. The van der Waals surface area contributed by atoms with Gasteiger partial charge in [0.25, 0.3) is 5.56 Å². The maximum atomic E-state index is 13.5. The zero-order valence-electron chi connectivity index (χ0n) is 16.3. The first-order chi connectivity index (χ1) is 15.1. The van der Waals surface area contributed by atoms with Crippen LogP contribution in [0.25, 0.3) is 16.9 Å². The van der Waals surface area contributed by atoms with Crippen molar-refractivity contribution in [2.75, 3.05) is 17.2 Å². The number of fused-ring (bicyclic) bond motifs is 2. The Labute approximate surface area is 180 Å². The summed E-state index contributed by atoms with van der Waals surface area (Å²) in [6, 6.07) is 14.6. The quantitative estimate of drug-likeness (QED) is 0.470. The first-order valence-corrected chi connectivity index (χ1v) is 10.2. The summed E-state index contributed by atoms with van der Waals surface area (Å²) in [6.07, 6.45) is 4.22. The van der Waals surface area contributed by atoms with Crippen LogP contribution in [0.2, 0.25) is 5.02 Å². The number of nitrogens with zero attached hydrogens (tertiary/aromatic N) is 7. The summed E-state index contributed by atoms with van der Waals surface area (Å²) in [4.78, 5) is 20.0. The van der Waals surface area contributed by atoms with Gasteiger partial charge in [0.15, 0.2) is 11.5 Å². The molecule has 10 heteroatoms. The van der Waals surface area contributed by atoms with Crippen LogP contribution in [0.5, 0.6) is 0 Å². The number of hydrogen-bond acceptors (Lipinski definition) is 6. The molecular weight excluding hydrogens is 416 g/mol. The van der Waals surface area contributed by atoms with Crippen molar-refractivity contribution in [3.8, 4) is 5.69 Å². The van der Waals surface area contributed by atoms with E-state index in [0.717, 1.165) is 24.5 Å². The molecule has 0 amide bonds. The maximum absolute atomic E-state index is 13.5. The molecule has 4 aromatic heterocycles. The molecule has 1 atom stereocenters. The van der Waals surface area contributed by atoms with Crippen molar-refractivity contribution in [1.82, 2.24) is 28.8 Å². The van der Waals surface area contributed by atoms with Gasteiger partial charge in [-0.2, -0.15) is 14.7 Å². The highest BCUT2D eigenvalue weighted by molar-refractivity contribution is 6.33. The van der Waals surface area contributed by atoms with Gasteiger partial charge in [-0.3, -0.25) is 9.36 Å². The average molecular weight is 433 g/mol. The van der Waals surface area contributed by atoms with Crippen molar-refractivity contribution >= 4 is 34.4 Å². The van der Waals surface area contributed by atoms with Crippen LogP contribution in [0.15, 0.2) is 65.7 Å². The minimum Gasteiger partial charge on any atom is -0.384 e. The van der Waals surface area contributed by atoms with Gasteiger partial charge in [-0.1, -0.05) is 29.8 Å². The molecule has 0 saturated carbocycles. The largest absolute Gasteiger partial charge is 0.384 e. The van der Waals surface area contributed by atoms with Gasteiger partial charge < -0.3 is 10.6 Å². The Morgan fingerprint density at radius 2 is 1.97 bits per heavy atom. The second-order valence-electron chi connectivity index (χ2n) is 7.43. The smallest absolute Gasteiger partial charge is 0.284 e. The van der Waals surface area contributed by atoms with Crippen LogP contribution in [-0.4, -0.2) is 35.3 Å². The lowest BCUT2D eigenvalue weighted by Crippen LogP contribution is -2.45. The van der Waals surface area contributed by atoms with Gasteiger partial charge in [-0.25, -0.2) is 9.50 Å². The van der Waals surface area contributed by atoms with Gasteiger partial charge >= 0.3 is 0 Å². The number of halogens is 1. The highest BCUT2D eigenvalue weighted by Gasteiger charge is 2.36. The monoisotopic (exact) mass is 432 g/mol. The number of hydrogen-bond donors (Lipinski definition) is 1. The second kappa shape index (κ2) is 6.58. The Balaban J connectivity index is 1.58. The molecule has 5 aromatic rings. The number of para-hydroxylation sites is 1. The van der Waals surface area contributed by atoms with Gasteiger partial charge in [0.1, 0.15) is 17.2 Å². The molecule has 1 aliphatic rings. The van der Waals surface area contributed by atoms with E-state index in [1.807, 2.05) is 30.3 Å². The van der Waals surface area contributed by atoms with Gasteiger partial charge in [0.2, 0.25) is 0 Å². The van der Waals surface area contributed by atoms with E-state index in [0.29, 0.717) is 27.8 Å². The van der Waals surface area contributed by atoms with Crippen LogP contribution in [-0.2, 0) is 0 Å². The summed E-state index contributed by atoms with van der Waals surface area (Å²) >= 11 is 6.29. The van der Waals surface area contributed by atoms with Gasteiger partial charge in [0.05, 0.1) is 22.9 Å². The molecule has 0 bridgehead atoms. The predicted octanol–water partition coefficient (Wildman–Crippen LogP) is 2.71. The molecule has 1 saturated heterocycles. The number of aromatic nitrogens is 6. The Morgan fingerprint density at radius 3 is 2.74 bits per heavy atom.